The second kappa shape index (κ2) is 4.82. The standard InChI is InChI=1S/C15H13N3S/c16-15(19)13-1-2-14-12(9-13)5-8-18(14)10-11-3-6-17-7-4-11/h1-9H,10H2,(H2,16,19). The Kier molecular flexibility index (Phi) is 3.01. The summed E-state index contributed by atoms with van der Waals surface area (Å²) in [7, 11) is 0. The van der Waals surface area contributed by atoms with Crippen LogP contribution in [-0.4, -0.2) is 14.5 Å². The van der Waals surface area contributed by atoms with Crippen molar-refractivity contribution in [2.45, 2.75) is 6.54 Å². The summed E-state index contributed by atoms with van der Waals surface area (Å²) in [4.78, 5) is 4.46. The number of hydrogen-bond acceptors (Lipinski definition) is 2. The van der Waals surface area contributed by atoms with Gasteiger partial charge in [0, 0.05) is 41.6 Å². The number of hydrogen-bond donors (Lipinski definition) is 1. The number of benzene rings is 1. The van der Waals surface area contributed by atoms with Gasteiger partial charge in [-0.25, -0.2) is 0 Å². The number of fused-ring (bicyclic) bond motifs is 1. The van der Waals surface area contributed by atoms with Gasteiger partial charge in [-0.05, 0) is 42.0 Å². The van der Waals surface area contributed by atoms with Crippen molar-refractivity contribution in [3.05, 3.63) is 66.1 Å². The minimum Gasteiger partial charge on any atom is -0.389 e. The number of pyridine rings is 1. The van der Waals surface area contributed by atoms with Crippen molar-refractivity contribution in [3.8, 4) is 0 Å². The normalized spacial score (nSPS) is 10.7. The summed E-state index contributed by atoms with van der Waals surface area (Å²) < 4.78 is 2.20. The first kappa shape index (κ1) is 11.9. The minimum atomic E-state index is 0.434. The Bertz CT molecular complexity index is 731. The fraction of sp³-hybridized carbons (Fsp3) is 0.0667. The van der Waals surface area contributed by atoms with E-state index in [0.717, 1.165) is 17.5 Å². The molecule has 0 spiro atoms. The summed E-state index contributed by atoms with van der Waals surface area (Å²) in [5.74, 6) is 0. The van der Waals surface area contributed by atoms with Gasteiger partial charge in [0.1, 0.15) is 4.99 Å². The molecule has 0 saturated carbocycles. The van der Waals surface area contributed by atoms with E-state index < -0.39 is 0 Å². The third-order valence-electron chi connectivity index (χ3n) is 3.16. The molecule has 4 heteroatoms. The molecule has 0 fully saturated rings. The number of aromatic nitrogens is 2. The van der Waals surface area contributed by atoms with E-state index in [1.165, 1.54) is 11.1 Å². The first-order valence-electron chi connectivity index (χ1n) is 6.01. The van der Waals surface area contributed by atoms with Crippen LogP contribution < -0.4 is 5.73 Å². The molecule has 0 bridgehead atoms. The minimum absolute atomic E-state index is 0.434. The van der Waals surface area contributed by atoms with E-state index in [9.17, 15) is 0 Å². The van der Waals surface area contributed by atoms with E-state index in [1.807, 2.05) is 36.7 Å². The maximum absolute atomic E-state index is 5.65. The predicted octanol–water partition coefficient (Wildman–Crippen LogP) is 2.72. The van der Waals surface area contributed by atoms with Crippen molar-refractivity contribution in [2.75, 3.05) is 0 Å². The number of nitrogens with zero attached hydrogens (tertiary/aromatic N) is 2. The Hall–Kier alpha value is -2.20. The van der Waals surface area contributed by atoms with Crippen LogP contribution in [0.15, 0.2) is 55.0 Å². The fourth-order valence-corrected chi connectivity index (χ4v) is 2.30. The highest BCUT2D eigenvalue weighted by Crippen LogP contribution is 2.19. The lowest BCUT2D eigenvalue weighted by atomic mass is 10.1. The van der Waals surface area contributed by atoms with E-state index in [-0.39, 0.29) is 0 Å². The van der Waals surface area contributed by atoms with Gasteiger partial charge in [-0.15, -0.1) is 0 Å². The van der Waals surface area contributed by atoms with E-state index in [1.54, 1.807) is 0 Å². The van der Waals surface area contributed by atoms with Crippen molar-refractivity contribution in [1.82, 2.24) is 9.55 Å². The summed E-state index contributed by atoms with van der Waals surface area (Å²) >= 11 is 5.00. The first-order valence-corrected chi connectivity index (χ1v) is 6.42. The zero-order chi connectivity index (χ0) is 13.2. The SMILES string of the molecule is NC(=S)c1ccc2c(ccn2Cc2ccncc2)c1. The molecule has 0 aliphatic carbocycles. The molecule has 0 atom stereocenters. The average molecular weight is 267 g/mol. The van der Waals surface area contributed by atoms with Gasteiger partial charge in [0.05, 0.1) is 0 Å². The Morgan fingerprint density at radius 2 is 1.95 bits per heavy atom. The number of rotatable bonds is 3. The van der Waals surface area contributed by atoms with Gasteiger partial charge in [-0.3, -0.25) is 4.98 Å². The van der Waals surface area contributed by atoms with E-state index in [2.05, 4.69) is 27.9 Å². The molecule has 3 aromatic rings. The van der Waals surface area contributed by atoms with E-state index >= 15 is 0 Å². The van der Waals surface area contributed by atoms with Gasteiger partial charge >= 0.3 is 0 Å². The van der Waals surface area contributed by atoms with Crippen LogP contribution >= 0.6 is 12.2 Å². The number of nitrogens with two attached hydrogens (primary N) is 1. The van der Waals surface area contributed by atoms with Crippen LogP contribution in [0.5, 0.6) is 0 Å². The summed E-state index contributed by atoms with van der Waals surface area (Å²) in [5.41, 5.74) is 8.96. The quantitative estimate of drug-likeness (QED) is 0.742. The molecule has 2 heterocycles. The van der Waals surface area contributed by atoms with Crippen LogP contribution in [0.3, 0.4) is 0 Å². The number of thiocarbonyl (C=S) groups is 1. The predicted molar refractivity (Wildman–Crippen MR) is 81.2 cm³/mol. The molecule has 0 aliphatic rings. The molecule has 0 aliphatic heterocycles. The van der Waals surface area contributed by atoms with Gasteiger partial charge in [0.25, 0.3) is 0 Å². The van der Waals surface area contributed by atoms with Gasteiger partial charge in [-0.2, -0.15) is 0 Å². The Morgan fingerprint density at radius 1 is 1.16 bits per heavy atom. The summed E-state index contributed by atoms with van der Waals surface area (Å²) in [6.45, 7) is 0.832. The van der Waals surface area contributed by atoms with Crippen LogP contribution in [0.2, 0.25) is 0 Å². The topological polar surface area (TPSA) is 43.8 Å². The zero-order valence-electron chi connectivity index (χ0n) is 10.3. The largest absolute Gasteiger partial charge is 0.389 e. The maximum Gasteiger partial charge on any atom is 0.104 e. The Labute approximate surface area is 116 Å². The van der Waals surface area contributed by atoms with Crippen LogP contribution in [0.4, 0.5) is 0 Å². The molecule has 19 heavy (non-hydrogen) atoms. The van der Waals surface area contributed by atoms with Crippen LogP contribution in [0.25, 0.3) is 10.9 Å². The average Bonchev–Trinajstić information content (AvgIpc) is 2.82. The lowest BCUT2D eigenvalue weighted by Gasteiger charge is -2.06. The highest BCUT2D eigenvalue weighted by Gasteiger charge is 2.04. The molecule has 2 N–H and O–H groups in total. The van der Waals surface area contributed by atoms with Crippen molar-refractivity contribution >= 4 is 28.1 Å². The van der Waals surface area contributed by atoms with Gasteiger partial charge in [-0.1, -0.05) is 12.2 Å². The van der Waals surface area contributed by atoms with Crippen LogP contribution in [0, 0.1) is 0 Å². The molecular formula is C15H13N3S. The Balaban J connectivity index is 1.99. The van der Waals surface area contributed by atoms with Gasteiger partial charge < -0.3 is 10.3 Å². The monoisotopic (exact) mass is 267 g/mol. The molecule has 1 aromatic carbocycles. The molecule has 0 unspecified atom stereocenters. The van der Waals surface area contributed by atoms with Crippen LogP contribution in [-0.2, 0) is 6.54 Å². The zero-order valence-corrected chi connectivity index (χ0v) is 11.1. The molecule has 2 aromatic heterocycles. The summed E-state index contributed by atoms with van der Waals surface area (Å²) in [5, 5.41) is 1.15. The van der Waals surface area contributed by atoms with E-state index in [4.69, 9.17) is 18.0 Å². The molecule has 0 saturated heterocycles. The summed E-state index contributed by atoms with van der Waals surface area (Å²) in [6.07, 6.45) is 5.70. The maximum atomic E-state index is 5.65. The molecule has 0 amide bonds. The van der Waals surface area contributed by atoms with Crippen LogP contribution in [0.1, 0.15) is 11.1 Å². The third-order valence-corrected chi connectivity index (χ3v) is 3.39. The lowest BCUT2D eigenvalue weighted by molar-refractivity contribution is 0.835. The van der Waals surface area contributed by atoms with E-state index in [0.29, 0.717) is 4.99 Å². The highest BCUT2D eigenvalue weighted by atomic mass is 32.1. The smallest absolute Gasteiger partial charge is 0.104 e. The second-order valence-corrected chi connectivity index (χ2v) is 4.88. The van der Waals surface area contributed by atoms with Gasteiger partial charge in [0.2, 0.25) is 0 Å². The van der Waals surface area contributed by atoms with Crippen molar-refractivity contribution < 1.29 is 0 Å². The third kappa shape index (κ3) is 2.35. The van der Waals surface area contributed by atoms with Crippen molar-refractivity contribution in [1.29, 1.82) is 0 Å². The molecule has 94 valence electrons. The Morgan fingerprint density at radius 3 is 2.68 bits per heavy atom. The van der Waals surface area contributed by atoms with Crippen molar-refractivity contribution in [2.24, 2.45) is 5.73 Å². The molecule has 0 radical (unpaired) electrons. The fourth-order valence-electron chi connectivity index (χ4n) is 2.18. The first-order chi connectivity index (χ1) is 9.24. The summed E-state index contributed by atoms with van der Waals surface area (Å²) in [6, 6.07) is 12.2. The highest BCUT2D eigenvalue weighted by molar-refractivity contribution is 7.80. The second-order valence-electron chi connectivity index (χ2n) is 4.44. The van der Waals surface area contributed by atoms with Gasteiger partial charge in [0.15, 0.2) is 0 Å². The lowest BCUT2D eigenvalue weighted by Crippen LogP contribution is -2.08. The molecule has 3 nitrogen and oxygen atoms in total. The van der Waals surface area contributed by atoms with Crippen molar-refractivity contribution in [3.63, 3.8) is 0 Å². The molecule has 3 rings (SSSR count). The molecular weight excluding hydrogens is 254 g/mol.